The number of benzene rings is 1. The molecule has 0 unspecified atom stereocenters. The lowest BCUT2D eigenvalue weighted by Gasteiger charge is -2.32. The number of fused-ring (bicyclic) bond motifs is 2. The predicted octanol–water partition coefficient (Wildman–Crippen LogP) is 4.02. The normalized spacial score (nSPS) is 15.7. The zero-order valence-corrected chi connectivity index (χ0v) is 21.9. The summed E-state index contributed by atoms with van der Waals surface area (Å²) in [7, 11) is 1.84. The number of carbonyl (C=O) groups excluding carboxylic acids is 1. The lowest BCUT2D eigenvalue weighted by molar-refractivity contribution is 0.102. The van der Waals surface area contributed by atoms with Crippen molar-refractivity contribution in [3.63, 3.8) is 0 Å². The Morgan fingerprint density at radius 2 is 1.81 bits per heavy atom. The third-order valence-electron chi connectivity index (χ3n) is 6.32. The van der Waals surface area contributed by atoms with E-state index in [4.69, 9.17) is 10.8 Å². The Labute approximate surface area is 216 Å². The van der Waals surface area contributed by atoms with Crippen LogP contribution < -0.4 is 16.0 Å². The van der Waals surface area contributed by atoms with Gasteiger partial charge in [-0.05, 0) is 44.7 Å². The second-order valence-corrected chi connectivity index (χ2v) is 9.40. The molecule has 0 atom stereocenters. The van der Waals surface area contributed by atoms with E-state index >= 15 is 0 Å². The fourth-order valence-corrected chi connectivity index (χ4v) is 4.33. The van der Waals surface area contributed by atoms with Gasteiger partial charge in [-0.3, -0.25) is 9.48 Å². The number of nitrogens with two attached hydrogens (primary N) is 1. The largest absolute Gasteiger partial charge is 0.393 e. The highest BCUT2D eigenvalue weighted by Crippen LogP contribution is 2.31. The third kappa shape index (κ3) is 6.08. The Kier molecular flexibility index (Phi) is 8.09. The number of nitrogens with one attached hydrogen (secondary N) is 1. The van der Waals surface area contributed by atoms with Crippen LogP contribution in [0.2, 0.25) is 0 Å². The molecule has 2 aliphatic rings. The summed E-state index contributed by atoms with van der Waals surface area (Å²) in [4.78, 5) is 19.5. The van der Waals surface area contributed by atoms with E-state index in [2.05, 4.69) is 20.3 Å². The number of nitrogens with zero attached hydrogens (tertiary/aromatic N) is 5. The molecular weight excluding hydrogens is 473 g/mol. The van der Waals surface area contributed by atoms with Crippen molar-refractivity contribution in [2.75, 3.05) is 23.3 Å². The summed E-state index contributed by atoms with van der Waals surface area (Å²) >= 11 is 0. The quantitative estimate of drug-likeness (QED) is 0.385. The van der Waals surface area contributed by atoms with Gasteiger partial charge in [0.15, 0.2) is 11.5 Å². The van der Waals surface area contributed by atoms with Crippen LogP contribution in [-0.4, -0.2) is 55.4 Å². The van der Waals surface area contributed by atoms with Crippen molar-refractivity contribution >= 4 is 33.8 Å². The zero-order chi connectivity index (χ0) is 26.7. The van der Waals surface area contributed by atoms with Gasteiger partial charge in [-0.1, -0.05) is 13.8 Å². The average Bonchev–Trinajstić information content (AvgIpc) is 3.40. The van der Waals surface area contributed by atoms with Crippen molar-refractivity contribution < 1.29 is 14.3 Å². The van der Waals surface area contributed by atoms with Gasteiger partial charge in [0.2, 0.25) is 0 Å². The first-order valence-electron chi connectivity index (χ1n) is 12.9. The highest BCUT2D eigenvalue weighted by molar-refractivity contribution is 6.13. The number of aromatic nitrogens is 4. The number of aliphatic hydroxyl groups is 1. The van der Waals surface area contributed by atoms with Crippen LogP contribution in [0.3, 0.4) is 0 Å². The van der Waals surface area contributed by atoms with Gasteiger partial charge < -0.3 is 25.5 Å². The van der Waals surface area contributed by atoms with Crippen LogP contribution >= 0.6 is 0 Å². The maximum atomic E-state index is 14.4. The first kappa shape index (κ1) is 26.6. The standard InChI is InChI=1S/C22H24FN7O.C3H6O.C2H6/c1-13-10-30-11-15(9-18(23)21(30)25-13)26-22(31)16-3-4-19(17-12-28(2)27-20(16)17)29-7-5-14(24)6-8-29;4-3-1-2-3;1-2/h3-4,9-12,14H,5-8,24H2,1-2H3,(H,26,31);3-4H,1-2H2;1-2H3. The molecular formula is C27H36FN7O2. The summed E-state index contributed by atoms with van der Waals surface area (Å²) in [6.45, 7) is 7.54. The van der Waals surface area contributed by atoms with E-state index in [-0.39, 0.29) is 23.7 Å². The molecule has 3 aromatic heterocycles. The molecule has 37 heavy (non-hydrogen) atoms. The Bertz CT molecular complexity index is 1380. The molecule has 0 spiro atoms. The molecule has 1 aromatic carbocycles. The zero-order valence-electron chi connectivity index (χ0n) is 21.9. The fourth-order valence-electron chi connectivity index (χ4n) is 4.33. The number of carbonyl (C=O) groups is 1. The first-order chi connectivity index (χ1) is 17.8. The van der Waals surface area contributed by atoms with Crippen LogP contribution in [0.15, 0.2) is 36.8 Å². The second kappa shape index (κ2) is 11.3. The molecule has 1 amide bonds. The van der Waals surface area contributed by atoms with E-state index in [1.165, 1.54) is 6.07 Å². The number of rotatable bonds is 3. The molecule has 4 aromatic rings. The van der Waals surface area contributed by atoms with E-state index in [0.717, 1.165) is 49.8 Å². The summed E-state index contributed by atoms with van der Waals surface area (Å²) in [5.74, 6) is -0.834. The van der Waals surface area contributed by atoms with Crippen molar-refractivity contribution in [1.82, 2.24) is 19.2 Å². The molecule has 198 valence electrons. The molecule has 1 aliphatic carbocycles. The van der Waals surface area contributed by atoms with Crippen LogP contribution in [0.5, 0.6) is 0 Å². The number of pyridine rings is 1. The number of halogens is 1. The molecule has 1 saturated carbocycles. The highest BCUT2D eigenvalue weighted by atomic mass is 19.1. The van der Waals surface area contributed by atoms with Crippen LogP contribution in [0, 0.1) is 12.7 Å². The van der Waals surface area contributed by atoms with E-state index < -0.39 is 5.82 Å². The number of anilines is 2. The average molecular weight is 510 g/mol. The molecule has 1 aliphatic heterocycles. The SMILES string of the molecule is CC.Cc1cn2cc(NC(=O)c3ccc(N4CCC(N)CC4)c4cn(C)nc34)cc(F)c2n1.OC1CC1. The van der Waals surface area contributed by atoms with Crippen LogP contribution in [-0.2, 0) is 7.05 Å². The lowest BCUT2D eigenvalue weighted by atomic mass is 10.0. The Morgan fingerprint density at radius 1 is 1.14 bits per heavy atom. The summed E-state index contributed by atoms with van der Waals surface area (Å²) in [6.07, 6.45) is 9.33. The number of hydrogen-bond acceptors (Lipinski definition) is 6. The topological polar surface area (TPSA) is 114 Å². The molecule has 1 saturated heterocycles. The van der Waals surface area contributed by atoms with Gasteiger partial charge in [-0.15, -0.1) is 0 Å². The van der Waals surface area contributed by atoms with Crippen LogP contribution in [0.1, 0.15) is 55.6 Å². The molecule has 2 fully saturated rings. The van der Waals surface area contributed by atoms with E-state index in [1.807, 2.05) is 33.2 Å². The smallest absolute Gasteiger partial charge is 0.257 e. The summed E-state index contributed by atoms with van der Waals surface area (Å²) < 4.78 is 17.7. The van der Waals surface area contributed by atoms with E-state index in [9.17, 15) is 9.18 Å². The minimum Gasteiger partial charge on any atom is -0.393 e. The van der Waals surface area contributed by atoms with Gasteiger partial charge >= 0.3 is 0 Å². The van der Waals surface area contributed by atoms with Gasteiger partial charge in [-0.25, -0.2) is 9.37 Å². The summed E-state index contributed by atoms with van der Waals surface area (Å²) in [5, 5.41) is 16.4. The van der Waals surface area contributed by atoms with Gasteiger partial charge in [0, 0.05) is 61.9 Å². The minimum atomic E-state index is -0.493. The Balaban J connectivity index is 0.000000479. The third-order valence-corrected chi connectivity index (χ3v) is 6.32. The van der Waals surface area contributed by atoms with Gasteiger partial charge in [0.25, 0.3) is 5.91 Å². The van der Waals surface area contributed by atoms with E-state index in [1.54, 1.807) is 34.5 Å². The number of amides is 1. The van der Waals surface area contributed by atoms with Gasteiger partial charge in [0.1, 0.15) is 5.52 Å². The number of hydrogen-bond donors (Lipinski definition) is 3. The van der Waals surface area contributed by atoms with Crippen molar-refractivity contribution in [2.24, 2.45) is 12.8 Å². The number of aliphatic hydroxyl groups excluding tert-OH is 1. The maximum Gasteiger partial charge on any atom is 0.257 e. The predicted molar refractivity (Wildman–Crippen MR) is 145 cm³/mol. The molecule has 0 radical (unpaired) electrons. The lowest BCUT2D eigenvalue weighted by Crippen LogP contribution is -2.39. The number of imidazole rings is 1. The minimum absolute atomic E-state index is 0.0833. The van der Waals surface area contributed by atoms with Gasteiger partial charge in [0.05, 0.1) is 23.0 Å². The molecule has 9 nitrogen and oxygen atoms in total. The van der Waals surface area contributed by atoms with Crippen LogP contribution in [0.25, 0.3) is 16.6 Å². The van der Waals surface area contributed by atoms with Crippen molar-refractivity contribution in [3.8, 4) is 0 Å². The molecule has 4 N–H and O–H groups in total. The fraction of sp³-hybridized carbons (Fsp3) is 0.444. The molecule has 6 rings (SSSR count). The van der Waals surface area contributed by atoms with Crippen LogP contribution in [0.4, 0.5) is 15.8 Å². The summed E-state index contributed by atoms with van der Waals surface area (Å²) in [5.41, 5.74) is 9.44. The first-order valence-corrected chi connectivity index (χ1v) is 12.9. The van der Waals surface area contributed by atoms with Crippen molar-refractivity contribution in [2.45, 2.75) is 58.6 Å². The summed E-state index contributed by atoms with van der Waals surface area (Å²) in [6, 6.07) is 5.26. The monoisotopic (exact) mass is 509 g/mol. The van der Waals surface area contributed by atoms with Crippen molar-refractivity contribution in [3.05, 3.63) is 53.9 Å². The van der Waals surface area contributed by atoms with E-state index in [0.29, 0.717) is 22.5 Å². The number of aryl methyl sites for hydroxylation is 2. The molecule has 0 bridgehead atoms. The second-order valence-electron chi connectivity index (χ2n) is 9.40. The number of piperidine rings is 1. The highest BCUT2D eigenvalue weighted by Gasteiger charge is 2.22. The van der Waals surface area contributed by atoms with Gasteiger partial charge in [-0.2, -0.15) is 5.10 Å². The molecule has 4 heterocycles. The molecule has 10 heteroatoms. The van der Waals surface area contributed by atoms with Crippen molar-refractivity contribution in [1.29, 1.82) is 0 Å². The maximum absolute atomic E-state index is 14.4. The Morgan fingerprint density at radius 3 is 2.46 bits per heavy atom. The Hall–Kier alpha value is -3.50.